The molecule has 23 heavy (non-hydrogen) atoms. The highest BCUT2D eigenvalue weighted by Crippen LogP contribution is 2.07. The Labute approximate surface area is 142 Å². The summed E-state index contributed by atoms with van der Waals surface area (Å²) in [5.41, 5.74) is 0. The highest BCUT2D eigenvalue weighted by Gasteiger charge is 2.40. The van der Waals surface area contributed by atoms with Gasteiger partial charge in [0.1, 0.15) is 0 Å². The molecule has 0 unspecified atom stereocenters. The Balaban J connectivity index is 0.000000379. The molecular weight excluding hydrogens is 320 g/mol. The first-order valence-corrected chi connectivity index (χ1v) is 12.9. The molecule has 0 radical (unpaired) electrons. The van der Waals surface area contributed by atoms with Gasteiger partial charge in [0.25, 0.3) is 0 Å². The lowest BCUT2D eigenvalue weighted by molar-refractivity contribution is 0.272. The highest BCUT2D eigenvalue weighted by atomic mass is 28.4. The molecule has 0 heterocycles. The minimum Gasteiger partial charge on any atom is -0.421 e. The van der Waals surface area contributed by atoms with E-state index in [1.807, 2.05) is 36.4 Å². The van der Waals surface area contributed by atoms with E-state index >= 15 is 0 Å². The van der Waals surface area contributed by atoms with Crippen molar-refractivity contribution in [1.29, 1.82) is 0 Å². The van der Waals surface area contributed by atoms with Crippen LogP contribution in [0.15, 0.2) is 60.7 Å². The second-order valence-corrected chi connectivity index (χ2v) is 13.9. The first-order chi connectivity index (χ1) is 10.9. The van der Waals surface area contributed by atoms with Gasteiger partial charge in [-0.15, -0.1) is 0 Å². The predicted molar refractivity (Wildman–Crippen MR) is 102 cm³/mol. The summed E-state index contributed by atoms with van der Waals surface area (Å²) < 4.78 is 16.6. The van der Waals surface area contributed by atoms with Gasteiger partial charge in [-0.25, -0.2) is 0 Å². The second kappa shape index (κ2) is 9.15. The molecule has 2 aromatic carbocycles. The van der Waals surface area contributed by atoms with Crippen LogP contribution in [0.1, 0.15) is 0 Å². The van der Waals surface area contributed by atoms with Crippen LogP contribution in [0.5, 0.6) is 0 Å². The third-order valence-corrected chi connectivity index (χ3v) is 8.06. The third-order valence-electron chi connectivity index (χ3n) is 3.49. The van der Waals surface area contributed by atoms with Crippen LogP contribution < -0.4 is 10.4 Å². The molecule has 0 fully saturated rings. The zero-order valence-corrected chi connectivity index (χ0v) is 17.0. The van der Waals surface area contributed by atoms with Crippen LogP contribution in [0.4, 0.5) is 0 Å². The molecule has 2 aromatic rings. The second-order valence-electron chi connectivity index (χ2n) is 6.07. The molecule has 0 saturated heterocycles. The summed E-state index contributed by atoms with van der Waals surface area (Å²) in [5, 5.41) is 2.24. The lowest BCUT2D eigenvalue weighted by Gasteiger charge is -2.27. The molecule has 0 aliphatic rings. The van der Waals surface area contributed by atoms with Gasteiger partial charge in [0.05, 0.1) is 0 Å². The van der Waals surface area contributed by atoms with E-state index < -0.39 is 16.9 Å². The Morgan fingerprint density at radius 3 is 1.09 bits per heavy atom. The van der Waals surface area contributed by atoms with E-state index in [-0.39, 0.29) is 0 Å². The molecule has 0 amide bonds. The molecule has 0 aliphatic carbocycles. The number of rotatable bonds is 5. The molecule has 0 N–H and O–H groups in total. The average molecular weight is 349 g/mol. The van der Waals surface area contributed by atoms with E-state index in [2.05, 4.69) is 43.9 Å². The minimum absolute atomic E-state index is 1.12. The van der Waals surface area contributed by atoms with Gasteiger partial charge in [-0.2, -0.15) is 0 Å². The smallest absolute Gasteiger partial charge is 0.406 e. The molecule has 3 nitrogen and oxygen atoms in total. The van der Waals surface area contributed by atoms with Crippen LogP contribution >= 0.6 is 0 Å². The van der Waals surface area contributed by atoms with Crippen LogP contribution in [0.2, 0.25) is 19.6 Å². The zero-order valence-electron chi connectivity index (χ0n) is 15.0. The maximum Gasteiger partial charge on any atom is 0.406 e. The number of hydrogen-bond acceptors (Lipinski definition) is 3. The number of hydrogen-bond donors (Lipinski definition) is 0. The van der Waals surface area contributed by atoms with Gasteiger partial charge in [-0.1, -0.05) is 60.7 Å². The van der Waals surface area contributed by atoms with E-state index in [1.54, 1.807) is 21.3 Å². The van der Waals surface area contributed by atoms with Crippen molar-refractivity contribution < 1.29 is 13.3 Å². The largest absolute Gasteiger partial charge is 0.421 e. The Morgan fingerprint density at radius 2 is 0.870 bits per heavy atom. The van der Waals surface area contributed by atoms with E-state index in [4.69, 9.17) is 13.3 Å². The molecule has 0 aromatic heterocycles. The molecule has 2 rings (SSSR count). The predicted octanol–water partition coefficient (Wildman–Crippen LogP) is 3.00. The lowest BCUT2D eigenvalue weighted by atomic mass is 10.4. The van der Waals surface area contributed by atoms with E-state index in [1.165, 1.54) is 0 Å². The Morgan fingerprint density at radius 1 is 0.565 bits per heavy atom. The van der Waals surface area contributed by atoms with E-state index in [0.717, 1.165) is 10.4 Å². The summed E-state index contributed by atoms with van der Waals surface area (Å²) in [6, 6.07) is 20.3. The van der Waals surface area contributed by atoms with Crippen LogP contribution in [-0.4, -0.2) is 38.2 Å². The van der Waals surface area contributed by atoms with Crippen molar-refractivity contribution in [3.63, 3.8) is 0 Å². The fourth-order valence-corrected chi connectivity index (χ4v) is 4.74. The summed E-state index contributed by atoms with van der Waals surface area (Å²) in [6.45, 7) is 6.48. The minimum atomic E-state index is -2.50. The fourth-order valence-electron chi connectivity index (χ4n) is 2.04. The first-order valence-electron chi connectivity index (χ1n) is 7.66. The molecule has 0 spiro atoms. The quantitative estimate of drug-likeness (QED) is 0.778. The van der Waals surface area contributed by atoms with Crippen molar-refractivity contribution in [2.75, 3.05) is 21.3 Å². The van der Waals surface area contributed by atoms with Crippen molar-refractivity contribution in [2.24, 2.45) is 0 Å². The summed E-state index contributed by atoms with van der Waals surface area (Å²) in [4.78, 5) is 0. The SMILES string of the molecule is CO[Si](C)(C)C.CO[Si](OC)(c1ccccc1)c1ccccc1. The van der Waals surface area contributed by atoms with Crippen molar-refractivity contribution in [3.8, 4) is 0 Å². The van der Waals surface area contributed by atoms with Gasteiger partial charge in [0.15, 0.2) is 8.32 Å². The van der Waals surface area contributed by atoms with Crippen LogP contribution in [-0.2, 0) is 13.3 Å². The van der Waals surface area contributed by atoms with Crippen molar-refractivity contribution >= 4 is 27.3 Å². The summed E-state index contributed by atoms with van der Waals surface area (Å²) in [6.07, 6.45) is 0. The van der Waals surface area contributed by atoms with Gasteiger partial charge in [0, 0.05) is 21.3 Å². The highest BCUT2D eigenvalue weighted by molar-refractivity contribution is 6.92. The monoisotopic (exact) mass is 348 g/mol. The van der Waals surface area contributed by atoms with Gasteiger partial charge >= 0.3 is 8.56 Å². The maximum atomic E-state index is 5.78. The Bertz CT molecular complexity index is 508. The van der Waals surface area contributed by atoms with Gasteiger partial charge in [-0.05, 0) is 30.0 Å². The molecule has 0 bridgehead atoms. The Kier molecular flexibility index (Phi) is 7.87. The average Bonchev–Trinajstić information content (AvgIpc) is 2.58. The molecule has 5 heteroatoms. The molecule has 0 aliphatic heterocycles. The third kappa shape index (κ3) is 5.71. The van der Waals surface area contributed by atoms with Gasteiger partial charge in [-0.3, -0.25) is 0 Å². The normalized spacial score (nSPS) is 11.6. The zero-order chi connectivity index (χ0) is 17.3. The van der Waals surface area contributed by atoms with Crippen LogP contribution in [0, 0.1) is 0 Å². The fraction of sp³-hybridized carbons (Fsp3) is 0.333. The molecule has 126 valence electrons. The number of benzene rings is 2. The summed E-state index contributed by atoms with van der Waals surface area (Å²) in [5.74, 6) is 0. The van der Waals surface area contributed by atoms with Crippen LogP contribution in [0.25, 0.3) is 0 Å². The Hall–Kier alpha value is -1.25. The maximum absolute atomic E-state index is 5.78. The summed E-state index contributed by atoms with van der Waals surface area (Å²) in [7, 11) is 1.58. The van der Waals surface area contributed by atoms with E-state index in [9.17, 15) is 0 Å². The lowest BCUT2D eigenvalue weighted by Crippen LogP contribution is -2.62. The standard InChI is InChI=1S/C14H16O2Si.C4H12OSi/c1-15-17(16-2,13-9-5-3-6-10-13)14-11-7-4-8-12-14;1-5-6(2,3)4/h3-12H,1-2H3;1-4H3. The van der Waals surface area contributed by atoms with Crippen LogP contribution in [0.3, 0.4) is 0 Å². The van der Waals surface area contributed by atoms with Gasteiger partial charge < -0.3 is 13.3 Å². The van der Waals surface area contributed by atoms with Gasteiger partial charge in [0.2, 0.25) is 0 Å². The summed E-state index contributed by atoms with van der Waals surface area (Å²) >= 11 is 0. The van der Waals surface area contributed by atoms with Crippen molar-refractivity contribution in [1.82, 2.24) is 0 Å². The van der Waals surface area contributed by atoms with Crippen molar-refractivity contribution in [2.45, 2.75) is 19.6 Å². The molecule has 0 atom stereocenters. The van der Waals surface area contributed by atoms with Crippen molar-refractivity contribution in [3.05, 3.63) is 60.7 Å². The molecular formula is C18H28O3Si2. The molecule has 0 saturated carbocycles. The first kappa shape index (κ1) is 19.8. The topological polar surface area (TPSA) is 27.7 Å². The van der Waals surface area contributed by atoms with E-state index in [0.29, 0.717) is 0 Å².